The highest BCUT2D eigenvalue weighted by Crippen LogP contribution is 2.43. The summed E-state index contributed by atoms with van der Waals surface area (Å²) < 4.78 is 5.00. The van der Waals surface area contributed by atoms with E-state index in [0.29, 0.717) is 11.8 Å². The molecule has 1 aliphatic carbocycles. The molecular formula is C7H10N2O2. The van der Waals surface area contributed by atoms with Gasteiger partial charge in [0.1, 0.15) is 0 Å². The molecule has 0 unspecified atom stereocenters. The number of rotatable bonds is 0. The van der Waals surface area contributed by atoms with E-state index in [9.17, 15) is 4.79 Å². The van der Waals surface area contributed by atoms with Gasteiger partial charge in [-0.3, -0.25) is 0 Å². The number of amidine groups is 1. The second kappa shape index (κ2) is 1.75. The van der Waals surface area contributed by atoms with Gasteiger partial charge in [0.05, 0.1) is 0 Å². The predicted molar refractivity (Wildman–Crippen MR) is 39.2 cm³/mol. The normalized spacial score (nSPS) is 41.7. The van der Waals surface area contributed by atoms with Gasteiger partial charge in [-0.25, -0.2) is 4.79 Å². The van der Waals surface area contributed by atoms with E-state index in [4.69, 9.17) is 10.5 Å². The fraction of sp³-hybridized carbons (Fsp3) is 0.714. The Kier molecular flexibility index (Phi) is 1.06. The molecule has 2 rings (SSSR count). The van der Waals surface area contributed by atoms with E-state index in [0.717, 1.165) is 12.8 Å². The summed E-state index contributed by atoms with van der Waals surface area (Å²) in [7, 11) is 0. The number of aliphatic imine (C=N–C) groups is 1. The van der Waals surface area contributed by atoms with Crippen LogP contribution in [0.15, 0.2) is 4.99 Å². The van der Waals surface area contributed by atoms with Crippen molar-refractivity contribution in [2.24, 2.45) is 16.6 Å². The lowest BCUT2D eigenvalue weighted by Gasteiger charge is -2.40. The Labute approximate surface area is 64.4 Å². The highest BCUT2D eigenvalue weighted by molar-refractivity contribution is 6.02. The zero-order valence-corrected chi connectivity index (χ0v) is 6.33. The molecule has 1 aliphatic heterocycles. The van der Waals surface area contributed by atoms with E-state index in [1.807, 2.05) is 0 Å². The first-order valence-corrected chi connectivity index (χ1v) is 3.70. The second-order valence-electron chi connectivity index (χ2n) is 3.37. The van der Waals surface area contributed by atoms with Crippen molar-refractivity contribution < 1.29 is 9.53 Å². The zero-order chi connectivity index (χ0) is 8.06. The Hall–Kier alpha value is -1.06. The third kappa shape index (κ3) is 0.751. The average molecular weight is 154 g/mol. The molecule has 1 saturated carbocycles. The van der Waals surface area contributed by atoms with Crippen molar-refractivity contribution in [3.63, 3.8) is 0 Å². The van der Waals surface area contributed by atoms with Gasteiger partial charge >= 0.3 is 6.09 Å². The number of hydrogen-bond donors (Lipinski definition) is 1. The highest BCUT2D eigenvalue weighted by Gasteiger charge is 2.52. The SMILES string of the molecule is CC1CC2(C1)OC(=O)N=C2N. The zero-order valence-electron chi connectivity index (χ0n) is 6.33. The average Bonchev–Trinajstić information content (AvgIpc) is 2.06. The van der Waals surface area contributed by atoms with Crippen molar-refractivity contribution in [2.75, 3.05) is 0 Å². The molecule has 1 spiro atoms. The Morgan fingerprint density at radius 1 is 1.73 bits per heavy atom. The molecular weight excluding hydrogens is 144 g/mol. The maximum absolute atomic E-state index is 10.7. The van der Waals surface area contributed by atoms with E-state index < -0.39 is 11.7 Å². The van der Waals surface area contributed by atoms with Gasteiger partial charge < -0.3 is 10.5 Å². The fourth-order valence-corrected chi connectivity index (χ4v) is 1.80. The molecule has 0 aromatic rings. The van der Waals surface area contributed by atoms with Crippen molar-refractivity contribution in [2.45, 2.75) is 25.4 Å². The molecule has 0 bridgehead atoms. The monoisotopic (exact) mass is 154 g/mol. The molecule has 0 atom stereocenters. The van der Waals surface area contributed by atoms with Crippen LogP contribution >= 0.6 is 0 Å². The second-order valence-corrected chi connectivity index (χ2v) is 3.37. The van der Waals surface area contributed by atoms with Crippen LogP contribution in [0.2, 0.25) is 0 Å². The standard InChI is InChI=1S/C7H10N2O2/c1-4-2-7(3-4)5(8)9-6(10)11-7/h4H,2-3H2,1H3,(H2,8,9,10). The molecule has 1 fully saturated rings. The number of carbonyl (C=O) groups excluding carboxylic acids is 1. The Morgan fingerprint density at radius 3 is 2.73 bits per heavy atom. The van der Waals surface area contributed by atoms with Crippen LogP contribution < -0.4 is 5.73 Å². The molecule has 0 saturated heterocycles. The number of hydrogen-bond acceptors (Lipinski definition) is 3. The Morgan fingerprint density at radius 2 is 2.36 bits per heavy atom. The van der Waals surface area contributed by atoms with Crippen LogP contribution in [0.1, 0.15) is 19.8 Å². The lowest BCUT2D eigenvalue weighted by molar-refractivity contribution is -0.00843. The van der Waals surface area contributed by atoms with Gasteiger partial charge in [0.15, 0.2) is 11.4 Å². The van der Waals surface area contributed by atoms with Crippen LogP contribution in [0.5, 0.6) is 0 Å². The van der Waals surface area contributed by atoms with Gasteiger partial charge in [-0.15, -0.1) is 0 Å². The lowest BCUT2D eigenvalue weighted by atomic mass is 9.71. The summed E-state index contributed by atoms with van der Waals surface area (Å²) in [5.41, 5.74) is 5.03. The smallest absolute Gasteiger partial charge is 0.433 e. The van der Waals surface area contributed by atoms with E-state index in [1.165, 1.54) is 0 Å². The number of ether oxygens (including phenoxy) is 1. The minimum absolute atomic E-state index is 0.362. The van der Waals surface area contributed by atoms with Gasteiger partial charge in [-0.2, -0.15) is 4.99 Å². The van der Waals surface area contributed by atoms with E-state index in [1.54, 1.807) is 0 Å². The van der Waals surface area contributed by atoms with Crippen LogP contribution in [-0.4, -0.2) is 17.5 Å². The van der Waals surface area contributed by atoms with Gasteiger partial charge in [-0.1, -0.05) is 6.92 Å². The van der Waals surface area contributed by atoms with Gasteiger partial charge in [-0.05, 0) is 18.8 Å². The van der Waals surface area contributed by atoms with E-state index >= 15 is 0 Å². The van der Waals surface area contributed by atoms with Crippen LogP contribution in [0, 0.1) is 5.92 Å². The van der Waals surface area contributed by atoms with Gasteiger partial charge in [0.2, 0.25) is 0 Å². The third-order valence-corrected chi connectivity index (χ3v) is 2.32. The summed E-state index contributed by atoms with van der Waals surface area (Å²) in [4.78, 5) is 14.2. The van der Waals surface area contributed by atoms with Crippen molar-refractivity contribution in [1.29, 1.82) is 0 Å². The van der Waals surface area contributed by atoms with Crippen LogP contribution in [-0.2, 0) is 4.74 Å². The van der Waals surface area contributed by atoms with Crippen molar-refractivity contribution in [1.82, 2.24) is 0 Å². The first kappa shape index (κ1) is 6.64. The summed E-state index contributed by atoms with van der Waals surface area (Å²) >= 11 is 0. The maximum atomic E-state index is 10.7. The van der Waals surface area contributed by atoms with E-state index in [2.05, 4.69) is 11.9 Å². The summed E-state index contributed by atoms with van der Waals surface area (Å²) in [6.45, 7) is 2.10. The van der Waals surface area contributed by atoms with Crippen molar-refractivity contribution in [3.05, 3.63) is 0 Å². The predicted octanol–water partition coefficient (Wildman–Crippen LogP) is 0.663. The Balaban J connectivity index is 2.19. The molecule has 60 valence electrons. The van der Waals surface area contributed by atoms with Crippen molar-refractivity contribution in [3.8, 4) is 0 Å². The highest BCUT2D eigenvalue weighted by atomic mass is 16.6. The molecule has 0 aromatic heterocycles. The molecule has 2 aliphatic rings. The first-order valence-electron chi connectivity index (χ1n) is 3.70. The summed E-state index contributed by atoms with van der Waals surface area (Å²) in [6, 6.07) is 0. The third-order valence-electron chi connectivity index (χ3n) is 2.32. The number of nitrogens with two attached hydrogens (primary N) is 1. The lowest BCUT2D eigenvalue weighted by Crippen LogP contribution is -2.52. The number of carbonyl (C=O) groups is 1. The van der Waals surface area contributed by atoms with Crippen LogP contribution in [0.25, 0.3) is 0 Å². The number of nitrogens with zero attached hydrogens (tertiary/aromatic N) is 1. The van der Waals surface area contributed by atoms with Crippen molar-refractivity contribution >= 4 is 11.9 Å². The quantitative estimate of drug-likeness (QED) is 0.557. The summed E-state index contributed by atoms with van der Waals surface area (Å²) in [5.74, 6) is 0.954. The molecule has 4 nitrogen and oxygen atoms in total. The van der Waals surface area contributed by atoms with Crippen LogP contribution in [0.4, 0.5) is 4.79 Å². The Bertz CT molecular complexity index is 241. The van der Waals surface area contributed by atoms with Crippen LogP contribution in [0.3, 0.4) is 0 Å². The van der Waals surface area contributed by atoms with E-state index in [-0.39, 0.29) is 0 Å². The molecule has 2 N–H and O–H groups in total. The molecule has 11 heavy (non-hydrogen) atoms. The first-order chi connectivity index (χ1) is 5.12. The summed E-state index contributed by atoms with van der Waals surface area (Å²) in [6.07, 6.45) is 1.12. The number of amides is 1. The van der Waals surface area contributed by atoms with Gasteiger partial charge in [0, 0.05) is 0 Å². The minimum Gasteiger partial charge on any atom is -0.433 e. The molecule has 1 amide bonds. The summed E-state index contributed by atoms with van der Waals surface area (Å²) in [5, 5.41) is 0. The molecule has 0 aromatic carbocycles. The minimum atomic E-state index is -0.533. The molecule has 0 radical (unpaired) electrons. The molecule has 1 heterocycles. The van der Waals surface area contributed by atoms with Gasteiger partial charge in [0.25, 0.3) is 0 Å². The largest absolute Gasteiger partial charge is 0.436 e. The fourth-order valence-electron chi connectivity index (χ4n) is 1.80. The topological polar surface area (TPSA) is 64.7 Å². The molecule has 4 heteroatoms. The maximum Gasteiger partial charge on any atom is 0.436 e.